The summed E-state index contributed by atoms with van der Waals surface area (Å²) in [6.45, 7) is 1.56. The van der Waals surface area contributed by atoms with Crippen molar-refractivity contribution >= 4 is 11.3 Å². The summed E-state index contributed by atoms with van der Waals surface area (Å²) in [4.78, 5) is 11.3. The van der Waals surface area contributed by atoms with Gasteiger partial charge in [0.1, 0.15) is 5.75 Å². The lowest BCUT2D eigenvalue weighted by molar-refractivity contribution is 0.101. The zero-order valence-corrected chi connectivity index (χ0v) is 8.15. The molecule has 3 heteroatoms. The third kappa shape index (κ3) is 1.27. The lowest BCUT2D eigenvalue weighted by Gasteiger charge is -2.01. The fraction of sp³-hybridized carbons (Fsp3) is 0.182. The summed E-state index contributed by atoms with van der Waals surface area (Å²) in [5.74, 6) is 0.833. The van der Waals surface area contributed by atoms with Crippen LogP contribution < -0.4 is 4.74 Å². The second-order valence-electron chi connectivity index (χ2n) is 3.14. The molecule has 2 aromatic rings. The first-order chi connectivity index (χ1) is 6.72. The minimum atomic E-state index is 0.0701. The summed E-state index contributed by atoms with van der Waals surface area (Å²) in [7, 11) is 1.61. The predicted molar refractivity (Wildman–Crippen MR) is 54.0 cm³/mol. The summed E-state index contributed by atoms with van der Waals surface area (Å²) in [5, 5.41) is 0. The van der Waals surface area contributed by atoms with Crippen molar-refractivity contribution in [3.05, 3.63) is 36.2 Å². The highest BCUT2D eigenvalue weighted by molar-refractivity contribution is 6.01. The molecule has 0 amide bonds. The van der Waals surface area contributed by atoms with E-state index in [9.17, 15) is 4.79 Å². The van der Waals surface area contributed by atoms with E-state index in [4.69, 9.17) is 4.74 Å². The number of carbonyl (C=O) groups is 1. The molecule has 0 saturated carbocycles. The Labute approximate surface area is 81.9 Å². The average molecular weight is 189 g/mol. The summed E-state index contributed by atoms with van der Waals surface area (Å²) >= 11 is 0. The molecule has 0 N–H and O–H groups in total. The zero-order valence-electron chi connectivity index (χ0n) is 8.15. The molecule has 3 nitrogen and oxygen atoms in total. The molecule has 2 rings (SSSR count). The number of ketones is 1. The molecule has 0 bridgehead atoms. The van der Waals surface area contributed by atoms with Crippen LogP contribution in [0, 0.1) is 0 Å². The van der Waals surface area contributed by atoms with E-state index in [0.717, 1.165) is 16.8 Å². The van der Waals surface area contributed by atoms with E-state index in [1.54, 1.807) is 14.0 Å². The highest BCUT2D eigenvalue weighted by Crippen LogP contribution is 2.19. The summed E-state index contributed by atoms with van der Waals surface area (Å²) in [6, 6.07) is 5.53. The monoisotopic (exact) mass is 189 g/mol. The molecule has 2 heterocycles. The largest absolute Gasteiger partial charge is 0.497 e. The molecule has 0 aliphatic carbocycles. The Morgan fingerprint density at radius 3 is 2.71 bits per heavy atom. The molecule has 2 aromatic heterocycles. The van der Waals surface area contributed by atoms with Crippen molar-refractivity contribution in [3.63, 3.8) is 0 Å². The Bertz CT molecular complexity index is 485. The van der Waals surface area contributed by atoms with Gasteiger partial charge in [0.25, 0.3) is 0 Å². The second-order valence-corrected chi connectivity index (χ2v) is 3.14. The van der Waals surface area contributed by atoms with Gasteiger partial charge in [-0.05, 0) is 19.1 Å². The van der Waals surface area contributed by atoms with Crippen LogP contribution in [0.4, 0.5) is 0 Å². The highest BCUT2D eigenvalue weighted by Gasteiger charge is 2.06. The van der Waals surface area contributed by atoms with Crippen LogP contribution in [0.15, 0.2) is 30.6 Å². The Balaban J connectivity index is 2.69. The second kappa shape index (κ2) is 3.18. The van der Waals surface area contributed by atoms with Crippen LogP contribution >= 0.6 is 0 Å². The predicted octanol–water partition coefficient (Wildman–Crippen LogP) is 2.15. The molecule has 0 fully saturated rings. The van der Waals surface area contributed by atoms with Crippen LogP contribution in [-0.2, 0) is 0 Å². The number of hydrogen-bond donors (Lipinski definition) is 0. The van der Waals surface area contributed by atoms with Crippen molar-refractivity contribution in [1.29, 1.82) is 0 Å². The third-order valence-corrected chi connectivity index (χ3v) is 2.25. The molecule has 0 aliphatic rings. The first kappa shape index (κ1) is 8.81. The van der Waals surface area contributed by atoms with Crippen LogP contribution in [0.25, 0.3) is 5.52 Å². The molecule has 0 radical (unpaired) electrons. The Morgan fingerprint density at radius 1 is 1.36 bits per heavy atom. The minimum Gasteiger partial charge on any atom is -0.497 e. The topological polar surface area (TPSA) is 30.7 Å². The maximum absolute atomic E-state index is 11.3. The number of methoxy groups -OCH3 is 1. The van der Waals surface area contributed by atoms with Gasteiger partial charge in [0.15, 0.2) is 5.78 Å². The van der Waals surface area contributed by atoms with Gasteiger partial charge < -0.3 is 9.14 Å². The number of hydrogen-bond acceptors (Lipinski definition) is 2. The van der Waals surface area contributed by atoms with Crippen LogP contribution in [-0.4, -0.2) is 17.3 Å². The van der Waals surface area contributed by atoms with Crippen molar-refractivity contribution in [1.82, 2.24) is 4.40 Å². The van der Waals surface area contributed by atoms with Crippen molar-refractivity contribution in [2.45, 2.75) is 6.92 Å². The number of ether oxygens (including phenoxy) is 1. The maximum atomic E-state index is 11.3. The maximum Gasteiger partial charge on any atom is 0.161 e. The van der Waals surface area contributed by atoms with E-state index in [-0.39, 0.29) is 5.78 Å². The zero-order chi connectivity index (χ0) is 10.1. The molecular weight excluding hydrogens is 178 g/mol. The lowest BCUT2D eigenvalue weighted by Crippen LogP contribution is -1.92. The van der Waals surface area contributed by atoms with Crippen LogP contribution in [0.1, 0.15) is 17.3 Å². The number of fused-ring (bicyclic) bond motifs is 1. The lowest BCUT2D eigenvalue weighted by atomic mass is 10.2. The van der Waals surface area contributed by atoms with Gasteiger partial charge in [-0.25, -0.2) is 0 Å². The smallest absolute Gasteiger partial charge is 0.161 e. The Morgan fingerprint density at radius 2 is 2.07 bits per heavy atom. The molecule has 0 unspecified atom stereocenters. The van der Waals surface area contributed by atoms with Crippen LogP contribution in [0.5, 0.6) is 5.75 Å². The number of nitrogens with zero attached hydrogens (tertiary/aromatic N) is 1. The van der Waals surface area contributed by atoms with Crippen molar-refractivity contribution in [2.24, 2.45) is 0 Å². The molecule has 0 aromatic carbocycles. The van der Waals surface area contributed by atoms with Gasteiger partial charge >= 0.3 is 0 Å². The standard InChI is InChI=1S/C11H11NO2/c1-8(13)10-4-6-12-5-3-9(14-2)7-11(10)12/h3-7H,1-2H3. The van der Waals surface area contributed by atoms with E-state index in [0.29, 0.717) is 0 Å². The number of pyridine rings is 1. The van der Waals surface area contributed by atoms with Crippen molar-refractivity contribution < 1.29 is 9.53 Å². The Hall–Kier alpha value is -1.77. The number of aromatic nitrogens is 1. The highest BCUT2D eigenvalue weighted by atomic mass is 16.5. The van der Waals surface area contributed by atoms with Gasteiger partial charge in [-0.1, -0.05) is 0 Å². The average Bonchev–Trinajstić information content (AvgIpc) is 2.59. The van der Waals surface area contributed by atoms with E-state index in [1.807, 2.05) is 35.0 Å². The Kier molecular flexibility index (Phi) is 2.00. The van der Waals surface area contributed by atoms with E-state index >= 15 is 0 Å². The van der Waals surface area contributed by atoms with Gasteiger partial charge in [0.2, 0.25) is 0 Å². The van der Waals surface area contributed by atoms with E-state index < -0.39 is 0 Å². The number of rotatable bonds is 2. The molecule has 0 atom stereocenters. The first-order valence-electron chi connectivity index (χ1n) is 4.38. The summed E-state index contributed by atoms with van der Waals surface area (Å²) in [6.07, 6.45) is 3.74. The van der Waals surface area contributed by atoms with Gasteiger partial charge in [-0.3, -0.25) is 4.79 Å². The number of Topliss-reactive ketones (excluding diaryl/α,β-unsaturated/α-hetero) is 1. The molecular formula is C11H11NO2. The summed E-state index contributed by atoms with van der Waals surface area (Å²) < 4.78 is 7.00. The third-order valence-electron chi connectivity index (χ3n) is 2.25. The number of carbonyl (C=O) groups excluding carboxylic acids is 1. The fourth-order valence-corrected chi connectivity index (χ4v) is 1.50. The van der Waals surface area contributed by atoms with E-state index in [2.05, 4.69) is 0 Å². The van der Waals surface area contributed by atoms with Gasteiger partial charge in [0, 0.05) is 24.0 Å². The fourth-order valence-electron chi connectivity index (χ4n) is 1.50. The van der Waals surface area contributed by atoms with Crippen LogP contribution in [0.2, 0.25) is 0 Å². The van der Waals surface area contributed by atoms with Crippen LogP contribution in [0.3, 0.4) is 0 Å². The van der Waals surface area contributed by atoms with Gasteiger partial charge in [-0.15, -0.1) is 0 Å². The van der Waals surface area contributed by atoms with Crippen molar-refractivity contribution in [2.75, 3.05) is 7.11 Å². The molecule has 0 spiro atoms. The SMILES string of the molecule is COc1ccn2ccc(C(C)=O)c2c1. The normalized spacial score (nSPS) is 10.4. The molecule has 0 aliphatic heterocycles. The van der Waals surface area contributed by atoms with Gasteiger partial charge in [-0.2, -0.15) is 0 Å². The minimum absolute atomic E-state index is 0.0701. The molecule has 0 saturated heterocycles. The molecule has 14 heavy (non-hydrogen) atoms. The van der Waals surface area contributed by atoms with Gasteiger partial charge in [0.05, 0.1) is 12.6 Å². The molecule has 72 valence electrons. The quantitative estimate of drug-likeness (QED) is 0.678. The van der Waals surface area contributed by atoms with Crippen molar-refractivity contribution in [3.8, 4) is 5.75 Å². The summed E-state index contributed by atoms with van der Waals surface area (Å²) in [5.41, 5.74) is 1.61. The first-order valence-corrected chi connectivity index (χ1v) is 4.38. The van der Waals surface area contributed by atoms with E-state index in [1.165, 1.54) is 0 Å².